The molecule has 5 heteroatoms. The van der Waals surface area contributed by atoms with Crippen molar-refractivity contribution in [1.82, 2.24) is 5.32 Å². The van der Waals surface area contributed by atoms with Crippen molar-refractivity contribution in [1.29, 1.82) is 0 Å². The average Bonchev–Trinajstić information content (AvgIpc) is 2.27. The molecule has 1 N–H and O–H groups in total. The number of ether oxygens (including phenoxy) is 2. The first-order chi connectivity index (χ1) is 7.24. The Morgan fingerprint density at radius 2 is 2.27 bits per heavy atom. The summed E-state index contributed by atoms with van der Waals surface area (Å²) in [6.07, 6.45) is 2.42. The van der Waals surface area contributed by atoms with Crippen LogP contribution in [0.1, 0.15) is 13.3 Å². The molecule has 0 aromatic carbocycles. The average molecular weight is 213 g/mol. The molecule has 0 saturated heterocycles. The molecule has 0 aliphatic carbocycles. The molecule has 1 aliphatic heterocycles. The zero-order chi connectivity index (χ0) is 11.1. The van der Waals surface area contributed by atoms with Gasteiger partial charge in [-0.05, 0) is 19.9 Å². The molecule has 0 saturated carbocycles. The van der Waals surface area contributed by atoms with Crippen LogP contribution in [0.3, 0.4) is 0 Å². The Balaban J connectivity index is 2.29. The third-order valence-corrected chi connectivity index (χ3v) is 1.95. The van der Waals surface area contributed by atoms with Crippen LogP contribution in [0.15, 0.2) is 11.6 Å². The lowest BCUT2D eigenvalue weighted by Gasteiger charge is -2.12. The number of carbonyl (C=O) groups excluding carboxylic acids is 2. The lowest BCUT2D eigenvalue weighted by molar-refractivity contribution is -0.156. The first-order valence-electron chi connectivity index (χ1n) is 4.96. The first-order valence-corrected chi connectivity index (χ1v) is 4.96. The fourth-order valence-electron chi connectivity index (χ4n) is 1.23. The molecular weight excluding hydrogens is 198 g/mol. The second kappa shape index (κ2) is 6.19. The van der Waals surface area contributed by atoms with Crippen LogP contribution in [-0.2, 0) is 19.1 Å². The van der Waals surface area contributed by atoms with Gasteiger partial charge in [0.2, 0.25) is 0 Å². The third-order valence-electron chi connectivity index (χ3n) is 1.95. The predicted molar refractivity (Wildman–Crippen MR) is 53.2 cm³/mol. The zero-order valence-corrected chi connectivity index (χ0v) is 8.75. The quantitative estimate of drug-likeness (QED) is 0.666. The molecule has 0 atom stereocenters. The van der Waals surface area contributed by atoms with E-state index in [2.05, 4.69) is 10.1 Å². The number of hydrogen-bond acceptors (Lipinski definition) is 5. The number of carbonyl (C=O) groups is 2. The van der Waals surface area contributed by atoms with Crippen LogP contribution in [0.25, 0.3) is 0 Å². The Bertz CT molecular complexity index is 273. The van der Waals surface area contributed by atoms with Crippen LogP contribution in [-0.4, -0.2) is 38.2 Å². The fraction of sp³-hybridized carbons (Fsp3) is 0.600. The van der Waals surface area contributed by atoms with Gasteiger partial charge in [0.05, 0.1) is 6.61 Å². The van der Waals surface area contributed by atoms with Gasteiger partial charge in [0.1, 0.15) is 0 Å². The molecule has 0 aromatic rings. The SMILES string of the molecule is CCOC(=O)COC(=O)C1=CCNCC1. The van der Waals surface area contributed by atoms with Crippen LogP contribution in [0, 0.1) is 0 Å². The van der Waals surface area contributed by atoms with Gasteiger partial charge in [-0.2, -0.15) is 0 Å². The molecule has 1 aliphatic rings. The molecule has 0 spiro atoms. The summed E-state index contributed by atoms with van der Waals surface area (Å²) >= 11 is 0. The molecule has 0 amide bonds. The minimum atomic E-state index is -0.514. The van der Waals surface area contributed by atoms with E-state index in [0.717, 1.165) is 6.54 Å². The maximum atomic E-state index is 11.4. The van der Waals surface area contributed by atoms with E-state index < -0.39 is 11.9 Å². The smallest absolute Gasteiger partial charge is 0.344 e. The molecule has 0 aromatic heterocycles. The van der Waals surface area contributed by atoms with Crippen LogP contribution >= 0.6 is 0 Å². The molecule has 1 heterocycles. The summed E-state index contributed by atoms with van der Waals surface area (Å²) in [7, 11) is 0. The van der Waals surface area contributed by atoms with E-state index >= 15 is 0 Å². The number of rotatable bonds is 4. The van der Waals surface area contributed by atoms with E-state index in [4.69, 9.17) is 4.74 Å². The number of esters is 2. The number of hydrogen-bond donors (Lipinski definition) is 1. The standard InChI is InChI=1S/C10H15NO4/c1-2-14-9(12)7-15-10(13)8-3-5-11-6-4-8/h3,11H,2,4-7H2,1H3. The van der Waals surface area contributed by atoms with Crippen molar-refractivity contribution in [2.45, 2.75) is 13.3 Å². The molecular formula is C10H15NO4. The van der Waals surface area contributed by atoms with E-state index in [0.29, 0.717) is 25.1 Å². The summed E-state index contributed by atoms with van der Waals surface area (Å²) in [6, 6.07) is 0. The summed E-state index contributed by atoms with van der Waals surface area (Å²) in [5.74, 6) is -0.940. The highest BCUT2D eigenvalue weighted by Gasteiger charge is 2.14. The molecule has 0 unspecified atom stereocenters. The van der Waals surface area contributed by atoms with Crippen LogP contribution in [0.5, 0.6) is 0 Å². The van der Waals surface area contributed by atoms with Crippen LogP contribution in [0.2, 0.25) is 0 Å². The van der Waals surface area contributed by atoms with Crippen LogP contribution < -0.4 is 5.32 Å². The Hall–Kier alpha value is -1.36. The van der Waals surface area contributed by atoms with Crippen molar-refractivity contribution in [2.75, 3.05) is 26.3 Å². The van der Waals surface area contributed by atoms with E-state index in [1.807, 2.05) is 0 Å². The molecule has 84 valence electrons. The number of nitrogens with one attached hydrogen (secondary N) is 1. The van der Waals surface area contributed by atoms with E-state index in [1.165, 1.54) is 0 Å². The minimum Gasteiger partial charge on any atom is -0.463 e. The second-order valence-corrected chi connectivity index (χ2v) is 3.06. The molecule has 5 nitrogen and oxygen atoms in total. The van der Waals surface area contributed by atoms with Gasteiger partial charge >= 0.3 is 11.9 Å². The van der Waals surface area contributed by atoms with Gasteiger partial charge < -0.3 is 14.8 Å². The van der Waals surface area contributed by atoms with Gasteiger partial charge in [0.25, 0.3) is 0 Å². The summed E-state index contributed by atoms with van der Waals surface area (Å²) in [6.45, 7) is 3.12. The maximum absolute atomic E-state index is 11.4. The summed E-state index contributed by atoms with van der Waals surface area (Å²) in [5, 5.41) is 3.08. The minimum absolute atomic E-state index is 0.295. The Morgan fingerprint density at radius 1 is 1.47 bits per heavy atom. The normalized spacial score (nSPS) is 15.4. The molecule has 0 radical (unpaired) electrons. The Morgan fingerprint density at radius 3 is 2.87 bits per heavy atom. The Kier molecular flexibility index (Phi) is 4.83. The van der Waals surface area contributed by atoms with Gasteiger partial charge in [-0.25, -0.2) is 9.59 Å². The van der Waals surface area contributed by atoms with Crippen molar-refractivity contribution in [3.8, 4) is 0 Å². The van der Waals surface area contributed by atoms with Crippen molar-refractivity contribution in [2.24, 2.45) is 0 Å². The van der Waals surface area contributed by atoms with E-state index in [-0.39, 0.29) is 6.61 Å². The Labute approximate surface area is 88.4 Å². The highest BCUT2D eigenvalue weighted by atomic mass is 16.6. The van der Waals surface area contributed by atoms with E-state index in [9.17, 15) is 9.59 Å². The van der Waals surface area contributed by atoms with Gasteiger partial charge in [0, 0.05) is 12.1 Å². The van der Waals surface area contributed by atoms with Gasteiger partial charge in [-0.1, -0.05) is 6.08 Å². The van der Waals surface area contributed by atoms with Crippen LogP contribution in [0.4, 0.5) is 0 Å². The highest BCUT2D eigenvalue weighted by Crippen LogP contribution is 2.06. The summed E-state index contributed by atoms with van der Waals surface area (Å²) in [4.78, 5) is 22.3. The first kappa shape index (κ1) is 11.7. The summed E-state index contributed by atoms with van der Waals surface area (Å²) < 4.78 is 9.42. The van der Waals surface area contributed by atoms with E-state index in [1.54, 1.807) is 13.0 Å². The topological polar surface area (TPSA) is 64.6 Å². The molecule has 0 bridgehead atoms. The third kappa shape index (κ3) is 4.12. The van der Waals surface area contributed by atoms with Crippen molar-refractivity contribution in [3.05, 3.63) is 11.6 Å². The van der Waals surface area contributed by atoms with Gasteiger partial charge in [-0.3, -0.25) is 0 Å². The second-order valence-electron chi connectivity index (χ2n) is 3.06. The molecule has 0 fully saturated rings. The van der Waals surface area contributed by atoms with Gasteiger partial charge in [-0.15, -0.1) is 0 Å². The van der Waals surface area contributed by atoms with Crippen molar-refractivity contribution in [3.63, 3.8) is 0 Å². The summed E-state index contributed by atoms with van der Waals surface area (Å²) in [5.41, 5.74) is 0.623. The highest BCUT2D eigenvalue weighted by molar-refractivity contribution is 5.90. The fourth-order valence-corrected chi connectivity index (χ4v) is 1.23. The molecule has 15 heavy (non-hydrogen) atoms. The molecule has 1 rings (SSSR count). The lowest BCUT2D eigenvalue weighted by Crippen LogP contribution is -2.25. The predicted octanol–water partition coefficient (Wildman–Crippen LogP) is 0.0124. The maximum Gasteiger partial charge on any atom is 0.344 e. The zero-order valence-electron chi connectivity index (χ0n) is 8.75. The van der Waals surface area contributed by atoms with Crippen molar-refractivity contribution >= 4 is 11.9 Å². The monoisotopic (exact) mass is 213 g/mol. The lowest BCUT2D eigenvalue weighted by atomic mass is 10.1. The largest absolute Gasteiger partial charge is 0.463 e. The van der Waals surface area contributed by atoms with Gasteiger partial charge in [0.15, 0.2) is 6.61 Å². The van der Waals surface area contributed by atoms with Crippen molar-refractivity contribution < 1.29 is 19.1 Å².